The second-order valence-electron chi connectivity index (χ2n) is 7.22. The van der Waals surface area contributed by atoms with E-state index in [9.17, 15) is 9.59 Å². The Morgan fingerprint density at radius 1 is 1.07 bits per heavy atom. The number of methoxy groups -OCH3 is 3. The number of fused-ring (bicyclic) bond motifs is 3. The lowest BCUT2D eigenvalue weighted by Crippen LogP contribution is -2.30. The first-order valence-electron chi connectivity index (χ1n) is 8.93. The van der Waals surface area contributed by atoms with Gasteiger partial charge in [-0.1, -0.05) is 6.08 Å². The molecule has 1 aliphatic heterocycles. The molecule has 1 spiro atoms. The summed E-state index contributed by atoms with van der Waals surface area (Å²) < 4.78 is 21.6. The largest absolute Gasteiger partial charge is 0.493 e. The van der Waals surface area contributed by atoms with Crippen LogP contribution in [0.25, 0.3) is 0 Å². The molecule has 1 unspecified atom stereocenters. The molecule has 142 valence electrons. The molecular formula is C21H22O6. The third-order valence-corrected chi connectivity index (χ3v) is 5.85. The van der Waals surface area contributed by atoms with Gasteiger partial charge in [0, 0.05) is 11.3 Å². The molecule has 1 aromatic carbocycles. The summed E-state index contributed by atoms with van der Waals surface area (Å²) in [5.41, 5.74) is 1.42. The fraction of sp³-hybridized carbons (Fsp3) is 0.429. The molecule has 0 aromatic heterocycles. The maximum Gasteiger partial charge on any atom is 0.309 e. The van der Waals surface area contributed by atoms with Crippen molar-refractivity contribution in [3.8, 4) is 11.5 Å². The molecule has 0 bridgehead atoms. The molecule has 0 radical (unpaired) electrons. The Kier molecular flexibility index (Phi) is 4.21. The van der Waals surface area contributed by atoms with E-state index >= 15 is 0 Å². The van der Waals surface area contributed by atoms with E-state index in [0.29, 0.717) is 36.7 Å². The van der Waals surface area contributed by atoms with Crippen molar-refractivity contribution in [2.75, 3.05) is 27.9 Å². The molecule has 0 amide bonds. The van der Waals surface area contributed by atoms with Gasteiger partial charge >= 0.3 is 5.97 Å². The number of cyclic esters (lactones) is 1. The van der Waals surface area contributed by atoms with Crippen LogP contribution in [-0.4, -0.2) is 39.7 Å². The number of benzene rings is 1. The zero-order chi connectivity index (χ0) is 19.2. The van der Waals surface area contributed by atoms with Gasteiger partial charge in [-0.15, -0.1) is 0 Å². The van der Waals surface area contributed by atoms with Crippen LogP contribution in [0.3, 0.4) is 0 Å². The number of hydrogen-bond acceptors (Lipinski definition) is 6. The van der Waals surface area contributed by atoms with Crippen LogP contribution in [-0.2, 0) is 30.9 Å². The van der Waals surface area contributed by atoms with Crippen LogP contribution < -0.4 is 9.47 Å². The molecule has 2 aliphatic carbocycles. The van der Waals surface area contributed by atoms with Crippen LogP contribution in [0.15, 0.2) is 36.1 Å². The SMILES string of the molecule is COC1=CC2(C=CC1=O)C[C@H]1COC(=O)[C@@H]1Cc1cc(OC)c(OC)cc12. The Balaban J connectivity index is 1.95. The highest BCUT2D eigenvalue weighted by Gasteiger charge is 2.47. The zero-order valence-corrected chi connectivity index (χ0v) is 15.6. The summed E-state index contributed by atoms with van der Waals surface area (Å²) in [4.78, 5) is 24.5. The molecular weight excluding hydrogens is 348 g/mol. The highest BCUT2D eigenvalue weighted by atomic mass is 16.5. The van der Waals surface area contributed by atoms with Gasteiger partial charge in [0.1, 0.15) is 0 Å². The Morgan fingerprint density at radius 2 is 1.81 bits per heavy atom. The van der Waals surface area contributed by atoms with Gasteiger partial charge in [-0.2, -0.15) is 0 Å². The molecule has 1 aromatic rings. The number of ether oxygens (including phenoxy) is 4. The van der Waals surface area contributed by atoms with Crippen molar-refractivity contribution in [1.29, 1.82) is 0 Å². The van der Waals surface area contributed by atoms with E-state index in [1.807, 2.05) is 24.3 Å². The predicted molar refractivity (Wildman–Crippen MR) is 96.7 cm³/mol. The lowest BCUT2D eigenvalue weighted by Gasteiger charge is -2.33. The van der Waals surface area contributed by atoms with E-state index in [1.54, 1.807) is 20.3 Å². The highest BCUT2D eigenvalue weighted by molar-refractivity contribution is 6.04. The maximum absolute atomic E-state index is 12.3. The molecule has 1 heterocycles. The maximum atomic E-state index is 12.3. The normalized spacial score (nSPS) is 28.8. The molecule has 6 nitrogen and oxygen atoms in total. The molecule has 1 fully saturated rings. The van der Waals surface area contributed by atoms with Crippen molar-refractivity contribution >= 4 is 11.8 Å². The lowest BCUT2D eigenvalue weighted by atomic mass is 9.71. The van der Waals surface area contributed by atoms with Crippen molar-refractivity contribution in [2.45, 2.75) is 18.3 Å². The second-order valence-corrected chi connectivity index (χ2v) is 7.22. The Bertz CT molecular complexity index is 868. The molecule has 4 rings (SSSR count). The second kappa shape index (κ2) is 6.44. The highest BCUT2D eigenvalue weighted by Crippen LogP contribution is 2.49. The summed E-state index contributed by atoms with van der Waals surface area (Å²) in [7, 11) is 4.68. The first kappa shape index (κ1) is 17.6. The third kappa shape index (κ3) is 2.71. The summed E-state index contributed by atoms with van der Waals surface area (Å²) in [6, 6.07) is 3.87. The average Bonchev–Trinajstić information content (AvgIpc) is 2.95. The smallest absolute Gasteiger partial charge is 0.309 e. The molecule has 3 aliphatic rings. The van der Waals surface area contributed by atoms with Crippen LogP contribution in [0.1, 0.15) is 17.5 Å². The predicted octanol–water partition coefficient (Wildman–Crippen LogP) is 2.35. The summed E-state index contributed by atoms with van der Waals surface area (Å²) >= 11 is 0. The van der Waals surface area contributed by atoms with E-state index in [1.165, 1.54) is 7.11 Å². The van der Waals surface area contributed by atoms with E-state index in [2.05, 4.69) is 0 Å². The van der Waals surface area contributed by atoms with Gasteiger partial charge in [-0.25, -0.2) is 0 Å². The van der Waals surface area contributed by atoms with Gasteiger partial charge in [0.05, 0.1) is 33.9 Å². The summed E-state index contributed by atoms with van der Waals surface area (Å²) in [5.74, 6) is 1.07. The first-order chi connectivity index (χ1) is 13.0. The monoisotopic (exact) mass is 370 g/mol. The number of rotatable bonds is 3. The minimum atomic E-state index is -0.568. The van der Waals surface area contributed by atoms with Crippen LogP contribution in [0.2, 0.25) is 0 Å². The van der Waals surface area contributed by atoms with E-state index in [0.717, 1.165) is 11.1 Å². The Morgan fingerprint density at radius 3 is 2.52 bits per heavy atom. The fourth-order valence-corrected chi connectivity index (χ4v) is 4.47. The molecule has 1 saturated heterocycles. The Hall–Kier alpha value is -2.76. The molecule has 6 heteroatoms. The van der Waals surface area contributed by atoms with Crippen molar-refractivity contribution in [3.05, 3.63) is 47.2 Å². The molecule has 27 heavy (non-hydrogen) atoms. The van der Waals surface area contributed by atoms with Crippen LogP contribution in [0, 0.1) is 11.8 Å². The molecule has 0 N–H and O–H groups in total. The molecule has 0 saturated carbocycles. The van der Waals surface area contributed by atoms with Gasteiger partial charge in [0.25, 0.3) is 0 Å². The minimum Gasteiger partial charge on any atom is -0.493 e. The summed E-state index contributed by atoms with van der Waals surface area (Å²) in [5, 5.41) is 0. The quantitative estimate of drug-likeness (QED) is 0.761. The van der Waals surface area contributed by atoms with Crippen molar-refractivity contribution in [1.82, 2.24) is 0 Å². The first-order valence-corrected chi connectivity index (χ1v) is 8.93. The van der Waals surface area contributed by atoms with Gasteiger partial charge < -0.3 is 18.9 Å². The Labute approximate surface area is 157 Å². The standard InChI is InChI=1S/C21H22O6/c1-24-17-7-12-6-14-13(11-27-20(14)23)9-21(15(12)8-18(17)25-2)5-4-16(22)19(10-21)26-3/h4-5,7-8,10,13-14H,6,9,11H2,1-3H3/t13-,14+,21?/m0/s1. The lowest BCUT2D eigenvalue weighted by molar-refractivity contribution is -0.141. The number of hydrogen-bond donors (Lipinski definition) is 0. The number of carbonyl (C=O) groups excluding carboxylic acids is 2. The summed E-state index contributed by atoms with van der Waals surface area (Å²) in [6.07, 6.45) is 6.55. The number of esters is 1. The topological polar surface area (TPSA) is 71.1 Å². The van der Waals surface area contributed by atoms with Gasteiger partial charge in [0.15, 0.2) is 17.3 Å². The van der Waals surface area contributed by atoms with E-state index in [-0.39, 0.29) is 23.6 Å². The third-order valence-electron chi connectivity index (χ3n) is 5.85. The number of allylic oxidation sites excluding steroid dienone is 3. The van der Waals surface area contributed by atoms with Gasteiger partial charge in [-0.05, 0) is 48.3 Å². The van der Waals surface area contributed by atoms with Gasteiger partial charge in [-0.3, -0.25) is 9.59 Å². The van der Waals surface area contributed by atoms with Crippen molar-refractivity contribution < 1.29 is 28.5 Å². The van der Waals surface area contributed by atoms with Crippen molar-refractivity contribution in [2.24, 2.45) is 11.8 Å². The fourth-order valence-electron chi connectivity index (χ4n) is 4.47. The number of carbonyl (C=O) groups is 2. The van der Waals surface area contributed by atoms with Crippen LogP contribution in [0.5, 0.6) is 11.5 Å². The van der Waals surface area contributed by atoms with E-state index in [4.69, 9.17) is 18.9 Å². The van der Waals surface area contributed by atoms with Crippen LogP contribution in [0.4, 0.5) is 0 Å². The van der Waals surface area contributed by atoms with E-state index < -0.39 is 5.41 Å². The van der Waals surface area contributed by atoms with Crippen molar-refractivity contribution in [3.63, 3.8) is 0 Å². The minimum absolute atomic E-state index is 0.0640. The zero-order valence-electron chi connectivity index (χ0n) is 15.6. The van der Waals surface area contributed by atoms with Gasteiger partial charge in [0.2, 0.25) is 5.78 Å². The van der Waals surface area contributed by atoms with Crippen LogP contribution >= 0.6 is 0 Å². The number of ketones is 1. The molecule has 3 atom stereocenters. The average molecular weight is 370 g/mol. The summed E-state index contributed by atoms with van der Waals surface area (Å²) in [6.45, 7) is 0.394.